The first kappa shape index (κ1) is 19.6. The highest BCUT2D eigenvalue weighted by atomic mass is 16.5. The van der Waals surface area contributed by atoms with Crippen LogP contribution in [-0.2, 0) is 9.59 Å². The van der Waals surface area contributed by atoms with Crippen molar-refractivity contribution in [1.29, 1.82) is 0 Å². The van der Waals surface area contributed by atoms with Gasteiger partial charge < -0.3 is 14.8 Å². The molecule has 1 N–H and O–H groups in total. The predicted octanol–water partition coefficient (Wildman–Crippen LogP) is 3.49. The van der Waals surface area contributed by atoms with E-state index in [9.17, 15) is 14.4 Å². The quantitative estimate of drug-likeness (QED) is 0.749. The molecule has 0 unspecified atom stereocenters. The molecular formula is C24H24N2O5. The molecule has 3 fully saturated rings. The van der Waals surface area contributed by atoms with Crippen molar-refractivity contribution in [2.45, 2.75) is 19.3 Å². The Morgan fingerprint density at radius 2 is 1.65 bits per heavy atom. The van der Waals surface area contributed by atoms with Crippen molar-refractivity contribution < 1.29 is 23.9 Å². The number of para-hydroxylation sites is 1. The van der Waals surface area contributed by atoms with Crippen LogP contribution in [0.5, 0.6) is 11.5 Å². The number of methoxy groups -OCH3 is 2. The summed E-state index contributed by atoms with van der Waals surface area (Å²) in [4.78, 5) is 40.9. The number of anilines is 2. The molecule has 2 aliphatic carbocycles. The Morgan fingerprint density at radius 1 is 0.968 bits per heavy atom. The molecule has 1 aliphatic heterocycles. The number of imide groups is 1. The summed E-state index contributed by atoms with van der Waals surface area (Å²) in [6.07, 6.45) is 2.99. The number of hydrogen-bond acceptors (Lipinski definition) is 5. The van der Waals surface area contributed by atoms with Gasteiger partial charge in [-0.2, -0.15) is 0 Å². The van der Waals surface area contributed by atoms with Gasteiger partial charge in [0.2, 0.25) is 11.8 Å². The first-order valence-electron chi connectivity index (χ1n) is 10.5. The molecule has 160 valence electrons. The molecule has 0 aromatic heterocycles. The van der Waals surface area contributed by atoms with Crippen molar-refractivity contribution in [3.05, 3.63) is 48.0 Å². The second-order valence-electron chi connectivity index (χ2n) is 8.43. The molecule has 3 aliphatic rings. The van der Waals surface area contributed by atoms with Gasteiger partial charge in [0.15, 0.2) is 0 Å². The zero-order valence-electron chi connectivity index (χ0n) is 17.5. The Hall–Kier alpha value is -3.35. The van der Waals surface area contributed by atoms with Crippen LogP contribution in [0, 0.1) is 23.7 Å². The van der Waals surface area contributed by atoms with E-state index in [2.05, 4.69) is 5.32 Å². The monoisotopic (exact) mass is 420 g/mol. The van der Waals surface area contributed by atoms with Crippen LogP contribution in [0.4, 0.5) is 11.4 Å². The molecule has 7 heteroatoms. The van der Waals surface area contributed by atoms with Gasteiger partial charge in [-0.15, -0.1) is 0 Å². The smallest absolute Gasteiger partial charge is 0.257 e. The Kier molecular flexibility index (Phi) is 4.68. The highest BCUT2D eigenvalue weighted by molar-refractivity contribution is 6.25. The Balaban J connectivity index is 1.47. The minimum Gasteiger partial charge on any atom is -0.497 e. The Labute approximate surface area is 180 Å². The summed E-state index contributed by atoms with van der Waals surface area (Å²) in [6.45, 7) is 0. The van der Waals surface area contributed by atoms with Crippen molar-refractivity contribution in [3.8, 4) is 11.5 Å². The van der Waals surface area contributed by atoms with E-state index in [0.29, 0.717) is 34.7 Å². The third kappa shape index (κ3) is 2.99. The van der Waals surface area contributed by atoms with Crippen molar-refractivity contribution in [1.82, 2.24) is 0 Å². The van der Waals surface area contributed by atoms with E-state index < -0.39 is 5.91 Å². The molecular weight excluding hydrogens is 396 g/mol. The first-order chi connectivity index (χ1) is 15.0. The summed E-state index contributed by atoms with van der Waals surface area (Å²) < 4.78 is 10.6. The molecule has 2 aromatic carbocycles. The highest BCUT2D eigenvalue weighted by Gasteiger charge is 2.61. The van der Waals surface area contributed by atoms with E-state index in [1.165, 1.54) is 19.1 Å². The molecule has 2 saturated carbocycles. The molecule has 4 atom stereocenters. The van der Waals surface area contributed by atoms with Gasteiger partial charge >= 0.3 is 0 Å². The molecule has 1 saturated heterocycles. The maximum Gasteiger partial charge on any atom is 0.257 e. The number of ether oxygens (including phenoxy) is 2. The number of benzene rings is 2. The van der Waals surface area contributed by atoms with Crippen molar-refractivity contribution in [2.24, 2.45) is 23.7 Å². The first-order valence-corrected chi connectivity index (χ1v) is 10.5. The summed E-state index contributed by atoms with van der Waals surface area (Å²) in [5.41, 5.74) is 1.04. The van der Waals surface area contributed by atoms with Gasteiger partial charge in [-0.05, 0) is 55.4 Å². The largest absolute Gasteiger partial charge is 0.497 e. The zero-order chi connectivity index (χ0) is 21.7. The minimum absolute atomic E-state index is 0.165. The van der Waals surface area contributed by atoms with E-state index in [-0.39, 0.29) is 29.2 Å². The Morgan fingerprint density at radius 3 is 2.29 bits per heavy atom. The van der Waals surface area contributed by atoms with Gasteiger partial charge in [-0.3, -0.25) is 14.4 Å². The summed E-state index contributed by atoms with van der Waals surface area (Å²) in [5, 5.41) is 2.83. The number of fused-ring (bicyclic) bond motifs is 5. The van der Waals surface area contributed by atoms with Crippen LogP contribution in [0.1, 0.15) is 29.6 Å². The number of rotatable bonds is 5. The van der Waals surface area contributed by atoms with Gasteiger partial charge in [0.25, 0.3) is 5.91 Å². The molecule has 1 heterocycles. The number of nitrogens with one attached hydrogen (secondary N) is 1. The molecule has 0 spiro atoms. The standard InChI is InChI=1S/C24H24N2O5/c1-30-15-9-10-19(31-2)17(12-15)25-22(27)16-5-3-4-6-18(16)26-23(28)20-13-7-8-14(11-13)21(20)24(26)29/h3-6,9-10,12-14,20-21H,7-8,11H2,1-2H3,(H,25,27)/t13-,14+,20-,21+. The molecule has 31 heavy (non-hydrogen) atoms. The second kappa shape index (κ2) is 7.41. The van der Waals surface area contributed by atoms with Gasteiger partial charge in [-0.1, -0.05) is 12.1 Å². The lowest BCUT2D eigenvalue weighted by Crippen LogP contribution is -2.34. The van der Waals surface area contributed by atoms with Crippen LogP contribution in [-0.4, -0.2) is 31.9 Å². The molecule has 3 amide bonds. The lowest BCUT2D eigenvalue weighted by atomic mass is 9.81. The van der Waals surface area contributed by atoms with E-state index in [1.54, 1.807) is 42.5 Å². The van der Waals surface area contributed by atoms with Gasteiger partial charge in [0.05, 0.1) is 43.0 Å². The second-order valence-corrected chi connectivity index (χ2v) is 8.43. The van der Waals surface area contributed by atoms with Crippen LogP contribution in [0.25, 0.3) is 0 Å². The number of hydrogen-bond donors (Lipinski definition) is 1. The number of nitrogens with zero attached hydrogens (tertiary/aromatic N) is 1. The van der Waals surface area contributed by atoms with Crippen molar-refractivity contribution in [3.63, 3.8) is 0 Å². The van der Waals surface area contributed by atoms with E-state index in [1.807, 2.05) is 0 Å². The SMILES string of the molecule is COc1ccc(OC)c(NC(=O)c2ccccc2N2C(=O)[C@@H]3[C@@H]4CC[C@@H](C4)[C@@H]3C2=O)c1. The summed E-state index contributed by atoms with van der Waals surface area (Å²) in [5.74, 6) is 0.396. The minimum atomic E-state index is -0.428. The third-order valence-electron chi connectivity index (χ3n) is 6.97. The number of carbonyl (C=O) groups is 3. The third-order valence-corrected chi connectivity index (χ3v) is 6.97. The van der Waals surface area contributed by atoms with Crippen LogP contribution in [0.2, 0.25) is 0 Å². The lowest BCUT2D eigenvalue weighted by molar-refractivity contribution is -0.123. The molecule has 2 aromatic rings. The van der Waals surface area contributed by atoms with E-state index >= 15 is 0 Å². The van der Waals surface area contributed by atoms with Gasteiger partial charge in [0, 0.05) is 6.07 Å². The number of carbonyl (C=O) groups excluding carboxylic acids is 3. The molecule has 0 radical (unpaired) electrons. The fraction of sp³-hybridized carbons (Fsp3) is 0.375. The fourth-order valence-corrected chi connectivity index (χ4v) is 5.61. The van der Waals surface area contributed by atoms with Gasteiger partial charge in [0.1, 0.15) is 11.5 Å². The van der Waals surface area contributed by atoms with Gasteiger partial charge in [-0.25, -0.2) is 4.90 Å². The lowest BCUT2D eigenvalue weighted by Gasteiger charge is -2.20. The van der Waals surface area contributed by atoms with Crippen LogP contribution in [0.15, 0.2) is 42.5 Å². The Bertz CT molecular complexity index is 1050. The molecule has 7 nitrogen and oxygen atoms in total. The van der Waals surface area contributed by atoms with Crippen molar-refractivity contribution in [2.75, 3.05) is 24.4 Å². The topological polar surface area (TPSA) is 84.9 Å². The van der Waals surface area contributed by atoms with Crippen LogP contribution < -0.4 is 19.7 Å². The maximum atomic E-state index is 13.2. The predicted molar refractivity (Wildman–Crippen MR) is 114 cm³/mol. The summed E-state index contributed by atoms with van der Waals surface area (Å²) in [7, 11) is 3.05. The van der Waals surface area contributed by atoms with E-state index in [0.717, 1.165) is 19.3 Å². The fourth-order valence-electron chi connectivity index (χ4n) is 5.61. The summed E-state index contributed by atoms with van der Waals surface area (Å²) in [6, 6.07) is 11.8. The normalized spacial score (nSPS) is 26.2. The van der Waals surface area contributed by atoms with E-state index in [4.69, 9.17) is 9.47 Å². The van der Waals surface area contributed by atoms with Crippen LogP contribution in [0.3, 0.4) is 0 Å². The van der Waals surface area contributed by atoms with Crippen LogP contribution >= 0.6 is 0 Å². The maximum absolute atomic E-state index is 13.2. The summed E-state index contributed by atoms with van der Waals surface area (Å²) >= 11 is 0. The van der Waals surface area contributed by atoms with Crippen molar-refractivity contribution >= 4 is 29.1 Å². The number of amides is 3. The average molecular weight is 420 g/mol. The average Bonchev–Trinajstić information content (AvgIpc) is 3.47. The highest BCUT2D eigenvalue weighted by Crippen LogP contribution is 2.56. The molecule has 2 bridgehead atoms. The molecule has 5 rings (SSSR count). The zero-order valence-corrected chi connectivity index (χ0v) is 17.5.